The normalized spacial score (nSPS) is 9.68. The minimum absolute atomic E-state index is 0.279. The zero-order chi connectivity index (χ0) is 15.9. The van der Waals surface area contributed by atoms with Crippen LogP contribution >= 0.6 is 0 Å². The van der Waals surface area contributed by atoms with Gasteiger partial charge in [-0.05, 0) is 43.3 Å². The summed E-state index contributed by atoms with van der Waals surface area (Å²) in [5, 5.41) is 8.91. The SMILES string of the molecule is CCOc1cc(C#N)ccc1OC(=O)c1ccc(OC)cc1. The number of methoxy groups -OCH3 is 1. The standard InChI is InChI=1S/C17H15NO4/c1-3-21-16-10-12(11-18)4-9-15(16)22-17(19)13-5-7-14(20-2)8-6-13/h4-10H,3H2,1-2H3. The summed E-state index contributed by atoms with van der Waals surface area (Å²) >= 11 is 0. The smallest absolute Gasteiger partial charge is 0.343 e. The van der Waals surface area contributed by atoms with Gasteiger partial charge in [0.1, 0.15) is 5.75 Å². The molecule has 0 atom stereocenters. The van der Waals surface area contributed by atoms with E-state index in [2.05, 4.69) is 0 Å². The van der Waals surface area contributed by atoms with Crippen LogP contribution in [-0.4, -0.2) is 19.7 Å². The molecular weight excluding hydrogens is 282 g/mol. The van der Waals surface area contributed by atoms with E-state index in [1.165, 1.54) is 0 Å². The number of hydrogen-bond donors (Lipinski definition) is 0. The van der Waals surface area contributed by atoms with Crippen LogP contribution in [0.2, 0.25) is 0 Å². The third-order valence-electron chi connectivity index (χ3n) is 2.90. The zero-order valence-electron chi connectivity index (χ0n) is 12.3. The first kappa shape index (κ1) is 15.4. The third kappa shape index (κ3) is 3.55. The van der Waals surface area contributed by atoms with Crippen LogP contribution in [0.15, 0.2) is 42.5 Å². The highest BCUT2D eigenvalue weighted by Gasteiger charge is 2.13. The van der Waals surface area contributed by atoms with Crippen LogP contribution in [0.3, 0.4) is 0 Å². The fourth-order valence-corrected chi connectivity index (χ4v) is 1.82. The number of esters is 1. The van der Waals surface area contributed by atoms with Gasteiger partial charge >= 0.3 is 5.97 Å². The number of nitrogens with zero attached hydrogens (tertiary/aromatic N) is 1. The summed E-state index contributed by atoms with van der Waals surface area (Å²) in [7, 11) is 1.55. The monoisotopic (exact) mass is 297 g/mol. The van der Waals surface area contributed by atoms with E-state index in [9.17, 15) is 4.79 Å². The summed E-state index contributed by atoms with van der Waals surface area (Å²) in [4.78, 5) is 12.1. The molecule has 2 aromatic rings. The quantitative estimate of drug-likeness (QED) is 0.626. The van der Waals surface area contributed by atoms with Crippen molar-refractivity contribution in [2.75, 3.05) is 13.7 Å². The van der Waals surface area contributed by atoms with Crippen LogP contribution in [0.1, 0.15) is 22.8 Å². The lowest BCUT2D eigenvalue weighted by Gasteiger charge is -2.11. The molecule has 2 aromatic carbocycles. The second-order valence-corrected chi connectivity index (χ2v) is 4.32. The summed E-state index contributed by atoms with van der Waals surface area (Å²) in [6.07, 6.45) is 0. The Hall–Kier alpha value is -3.00. The average molecular weight is 297 g/mol. The Morgan fingerprint density at radius 2 is 1.86 bits per heavy atom. The van der Waals surface area contributed by atoms with E-state index in [1.54, 1.807) is 49.6 Å². The molecule has 0 fully saturated rings. The Balaban J connectivity index is 2.21. The van der Waals surface area contributed by atoms with E-state index in [0.717, 1.165) is 0 Å². The van der Waals surface area contributed by atoms with Crippen molar-refractivity contribution in [2.24, 2.45) is 0 Å². The number of benzene rings is 2. The molecule has 112 valence electrons. The highest BCUT2D eigenvalue weighted by molar-refractivity contribution is 5.91. The minimum atomic E-state index is -0.506. The lowest BCUT2D eigenvalue weighted by molar-refractivity contribution is 0.0728. The molecule has 5 nitrogen and oxygen atoms in total. The van der Waals surface area contributed by atoms with Gasteiger partial charge < -0.3 is 14.2 Å². The lowest BCUT2D eigenvalue weighted by atomic mass is 10.2. The van der Waals surface area contributed by atoms with Crippen molar-refractivity contribution in [2.45, 2.75) is 6.92 Å². The van der Waals surface area contributed by atoms with Gasteiger partial charge in [-0.3, -0.25) is 0 Å². The van der Waals surface area contributed by atoms with E-state index in [4.69, 9.17) is 19.5 Å². The van der Waals surface area contributed by atoms with Gasteiger partial charge in [0.2, 0.25) is 0 Å². The maximum atomic E-state index is 12.1. The van der Waals surface area contributed by atoms with E-state index >= 15 is 0 Å². The number of hydrogen-bond acceptors (Lipinski definition) is 5. The fourth-order valence-electron chi connectivity index (χ4n) is 1.82. The van der Waals surface area contributed by atoms with E-state index < -0.39 is 5.97 Å². The molecule has 5 heteroatoms. The molecule has 0 N–H and O–H groups in total. The van der Waals surface area contributed by atoms with Gasteiger partial charge in [0.05, 0.1) is 30.9 Å². The highest BCUT2D eigenvalue weighted by atomic mass is 16.6. The molecule has 22 heavy (non-hydrogen) atoms. The summed E-state index contributed by atoms with van der Waals surface area (Å²) in [6.45, 7) is 2.22. The highest BCUT2D eigenvalue weighted by Crippen LogP contribution is 2.29. The summed E-state index contributed by atoms with van der Waals surface area (Å²) in [6, 6.07) is 13.3. The number of carbonyl (C=O) groups is 1. The number of nitriles is 1. The molecule has 0 aromatic heterocycles. The van der Waals surface area contributed by atoms with Crippen molar-refractivity contribution in [1.29, 1.82) is 5.26 Å². The Labute approximate surface area is 128 Å². The topological polar surface area (TPSA) is 68.5 Å². The van der Waals surface area contributed by atoms with Crippen molar-refractivity contribution in [3.8, 4) is 23.3 Å². The maximum Gasteiger partial charge on any atom is 0.343 e. The first-order chi connectivity index (χ1) is 10.7. The van der Waals surface area contributed by atoms with Crippen molar-refractivity contribution < 1.29 is 19.0 Å². The molecule has 0 saturated carbocycles. The van der Waals surface area contributed by atoms with Crippen LogP contribution in [0.25, 0.3) is 0 Å². The zero-order valence-corrected chi connectivity index (χ0v) is 12.3. The predicted octanol–water partition coefficient (Wildman–Crippen LogP) is 3.18. The molecule has 0 unspecified atom stereocenters. The maximum absolute atomic E-state index is 12.1. The summed E-state index contributed by atoms with van der Waals surface area (Å²) < 4.78 is 15.8. The van der Waals surface area contributed by atoms with Crippen molar-refractivity contribution in [3.05, 3.63) is 53.6 Å². The van der Waals surface area contributed by atoms with Gasteiger partial charge in [-0.15, -0.1) is 0 Å². The Morgan fingerprint density at radius 3 is 2.45 bits per heavy atom. The first-order valence-electron chi connectivity index (χ1n) is 6.71. The Morgan fingerprint density at radius 1 is 1.14 bits per heavy atom. The van der Waals surface area contributed by atoms with Gasteiger partial charge in [-0.2, -0.15) is 5.26 Å². The van der Waals surface area contributed by atoms with Crippen molar-refractivity contribution >= 4 is 5.97 Å². The van der Waals surface area contributed by atoms with E-state index in [1.807, 2.05) is 13.0 Å². The summed E-state index contributed by atoms with van der Waals surface area (Å²) in [5.74, 6) is 0.795. The molecule has 0 aliphatic rings. The number of rotatable bonds is 5. The minimum Gasteiger partial charge on any atom is -0.497 e. The molecule has 0 spiro atoms. The molecule has 0 bridgehead atoms. The fraction of sp³-hybridized carbons (Fsp3) is 0.176. The van der Waals surface area contributed by atoms with Gasteiger partial charge in [0, 0.05) is 6.07 Å². The molecule has 0 heterocycles. The van der Waals surface area contributed by atoms with Gasteiger partial charge in [0.25, 0.3) is 0 Å². The molecule has 0 aliphatic carbocycles. The first-order valence-corrected chi connectivity index (χ1v) is 6.71. The van der Waals surface area contributed by atoms with Gasteiger partial charge in [0.15, 0.2) is 11.5 Å². The average Bonchev–Trinajstić information content (AvgIpc) is 2.56. The number of carbonyl (C=O) groups excluding carboxylic acids is 1. The largest absolute Gasteiger partial charge is 0.497 e. The molecule has 2 rings (SSSR count). The van der Waals surface area contributed by atoms with Gasteiger partial charge in [-0.1, -0.05) is 0 Å². The Bertz CT molecular complexity index is 702. The second kappa shape index (κ2) is 7.14. The Kier molecular flexibility index (Phi) is 4.99. The lowest BCUT2D eigenvalue weighted by Crippen LogP contribution is -2.09. The van der Waals surface area contributed by atoms with Crippen LogP contribution in [0.5, 0.6) is 17.2 Å². The van der Waals surface area contributed by atoms with E-state index in [-0.39, 0.29) is 5.75 Å². The summed E-state index contributed by atoms with van der Waals surface area (Å²) in [5.41, 5.74) is 0.834. The van der Waals surface area contributed by atoms with Crippen LogP contribution in [0.4, 0.5) is 0 Å². The second-order valence-electron chi connectivity index (χ2n) is 4.32. The van der Waals surface area contributed by atoms with Crippen LogP contribution in [0, 0.1) is 11.3 Å². The molecule has 0 radical (unpaired) electrons. The third-order valence-corrected chi connectivity index (χ3v) is 2.90. The van der Waals surface area contributed by atoms with E-state index in [0.29, 0.717) is 29.2 Å². The van der Waals surface area contributed by atoms with Crippen LogP contribution in [-0.2, 0) is 0 Å². The van der Waals surface area contributed by atoms with Crippen molar-refractivity contribution in [1.82, 2.24) is 0 Å². The molecule has 0 saturated heterocycles. The van der Waals surface area contributed by atoms with Crippen molar-refractivity contribution in [3.63, 3.8) is 0 Å². The van der Waals surface area contributed by atoms with Crippen LogP contribution < -0.4 is 14.2 Å². The number of ether oxygens (including phenoxy) is 3. The molecule has 0 amide bonds. The molecule has 0 aliphatic heterocycles. The van der Waals surface area contributed by atoms with Gasteiger partial charge in [-0.25, -0.2) is 4.79 Å². The predicted molar refractivity (Wildman–Crippen MR) is 80.3 cm³/mol. The molecular formula is C17H15NO4.